The van der Waals surface area contributed by atoms with Crippen molar-refractivity contribution in [3.63, 3.8) is 0 Å². The Morgan fingerprint density at radius 2 is 2.00 bits per heavy atom. The standard InChI is InChI=1S/C15H14FNO2/c1-10-8-11(16)6-7-14(10)15(18)17-12-4-3-5-13(9-12)19-2/h3-9H,1-2H3,(H,17,18). The number of methoxy groups -OCH3 is 1. The summed E-state index contributed by atoms with van der Waals surface area (Å²) in [6, 6.07) is 11.1. The van der Waals surface area contributed by atoms with E-state index in [2.05, 4.69) is 5.32 Å². The minimum Gasteiger partial charge on any atom is -0.497 e. The molecule has 0 aliphatic heterocycles. The summed E-state index contributed by atoms with van der Waals surface area (Å²) >= 11 is 0. The quantitative estimate of drug-likeness (QED) is 0.917. The van der Waals surface area contributed by atoms with Crippen LogP contribution in [0.2, 0.25) is 0 Å². The van der Waals surface area contributed by atoms with E-state index in [1.807, 2.05) is 0 Å². The Labute approximate surface area is 111 Å². The maximum absolute atomic E-state index is 13.0. The average Bonchev–Trinajstić information content (AvgIpc) is 2.38. The molecular formula is C15H14FNO2. The van der Waals surface area contributed by atoms with Gasteiger partial charge in [0.05, 0.1) is 7.11 Å². The normalized spacial score (nSPS) is 10.1. The monoisotopic (exact) mass is 259 g/mol. The number of carbonyl (C=O) groups is 1. The molecule has 0 aliphatic carbocycles. The number of hydrogen-bond acceptors (Lipinski definition) is 2. The maximum atomic E-state index is 13.0. The van der Waals surface area contributed by atoms with Crippen molar-refractivity contribution in [2.75, 3.05) is 12.4 Å². The molecule has 0 fully saturated rings. The molecule has 3 nitrogen and oxygen atoms in total. The van der Waals surface area contributed by atoms with Gasteiger partial charge in [-0.15, -0.1) is 0 Å². The molecule has 1 amide bonds. The second-order valence-electron chi connectivity index (χ2n) is 4.15. The highest BCUT2D eigenvalue weighted by Gasteiger charge is 2.10. The van der Waals surface area contributed by atoms with Crippen LogP contribution in [0.4, 0.5) is 10.1 Å². The van der Waals surface area contributed by atoms with Crippen molar-refractivity contribution in [1.29, 1.82) is 0 Å². The van der Waals surface area contributed by atoms with Crippen molar-refractivity contribution in [1.82, 2.24) is 0 Å². The van der Waals surface area contributed by atoms with Gasteiger partial charge in [0.15, 0.2) is 0 Å². The van der Waals surface area contributed by atoms with Crippen LogP contribution < -0.4 is 10.1 Å². The largest absolute Gasteiger partial charge is 0.497 e. The van der Waals surface area contributed by atoms with Crippen LogP contribution in [0.1, 0.15) is 15.9 Å². The lowest BCUT2D eigenvalue weighted by Gasteiger charge is -2.09. The molecule has 2 aromatic rings. The number of benzene rings is 2. The second kappa shape index (κ2) is 5.52. The van der Waals surface area contributed by atoms with E-state index in [1.165, 1.54) is 18.2 Å². The summed E-state index contributed by atoms with van der Waals surface area (Å²) in [6.45, 7) is 1.70. The number of anilines is 1. The molecule has 0 saturated carbocycles. The molecule has 2 aromatic carbocycles. The topological polar surface area (TPSA) is 38.3 Å². The second-order valence-corrected chi connectivity index (χ2v) is 4.15. The minimum absolute atomic E-state index is 0.272. The third kappa shape index (κ3) is 3.10. The van der Waals surface area contributed by atoms with Gasteiger partial charge in [-0.05, 0) is 42.8 Å². The van der Waals surface area contributed by atoms with Crippen molar-refractivity contribution in [2.24, 2.45) is 0 Å². The minimum atomic E-state index is -0.351. The van der Waals surface area contributed by atoms with E-state index >= 15 is 0 Å². The fraction of sp³-hybridized carbons (Fsp3) is 0.133. The van der Waals surface area contributed by atoms with Crippen molar-refractivity contribution >= 4 is 11.6 Å². The van der Waals surface area contributed by atoms with Crippen molar-refractivity contribution in [3.05, 3.63) is 59.4 Å². The highest BCUT2D eigenvalue weighted by atomic mass is 19.1. The Morgan fingerprint density at radius 1 is 1.21 bits per heavy atom. The molecule has 0 heterocycles. The van der Waals surface area contributed by atoms with Crippen LogP contribution in [0.15, 0.2) is 42.5 Å². The van der Waals surface area contributed by atoms with Crippen LogP contribution in [0, 0.1) is 12.7 Å². The molecule has 0 aromatic heterocycles. The Balaban J connectivity index is 2.20. The lowest BCUT2D eigenvalue weighted by molar-refractivity contribution is 0.102. The molecule has 98 valence electrons. The summed E-state index contributed by atoms with van der Waals surface area (Å²) < 4.78 is 18.1. The average molecular weight is 259 g/mol. The number of halogens is 1. The molecule has 0 spiro atoms. The van der Waals surface area contributed by atoms with Crippen LogP contribution in [0.3, 0.4) is 0 Å². The highest BCUT2D eigenvalue weighted by Crippen LogP contribution is 2.18. The van der Waals surface area contributed by atoms with Crippen LogP contribution >= 0.6 is 0 Å². The van der Waals surface area contributed by atoms with E-state index in [9.17, 15) is 9.18 Å². The fourth-order valence-electron chi connectivity index (χ4n) is 1.78. The number of nitrogens with one attached hydrogen (secondary N) is 1. The molecular weight excluding hydrogens is 245 g/mol. The zero-order chi connectivity index (χ0) is 13.8. The maximum Gasteiger partial charge on any atom is 0.255 e. The van der Waals surface area contributed by atoms with E-state index in [0.29, 0.717) is 22.6 Å². The third-order valence-electron chi connectivity index (χ3n) is 2.76. The van der Waals surface area contributed by atoms with Crippen molar-refractivity contribution in [3.8, 4) is 5.75 Å². The summed E-state index contributed by atoms with van der Waals surface area (Å²) in [4.78, 5) is 12.1. The van der Waals surface area contributed by atoms with Gasteiger partial charge in [0.25, 0.3) is 5.91 Å². The van der Waals surface area contributed by atoms with Gasteiger partial charge in [-0.3, -0.25) is 4.79 Å². The predicted molar refractivity (Wildman–Crippen MR) is 72.1 cm³/mol. The summed E-state index contributed by atoms with van der Waals surface area (Å²) in [5, 5.41) is 2.75. The predicted octanol–water partition coefficient (Wildman–Crippen LogP) is 3.40. The summed E-state index contributed by atoms with van der Waals surface area (Å²) in [5.74, 6) is 0.0369. The molecule has 19 heavy (non-hydrogen) atoms. The van der Waals surface area contributed by atoms with Gasteiger partial charge >= 0.3 is 0 Å². The summed E-state index contributed by atoms with van der Waals surface area (Å²) in [5.41, 5.74) is 1.68. The van der Waals surface area contributed by atoms with Crippen molar-refractivity contribution in [2.45, 2.75) is 6.92 Å². The molecule has 0 radical (unpaired) electrons. The smallest absolute Gasteiger partial charge is 0.255 e. The Kier molecular flexibility index (Phi) is 3.80. The van der Waals surface area contributed by atoms with Gasteiger partial charge < -0.3 is 10.1 Å². The molecule has 0 bridgehead atoms. The van der Waals surface area contributed by atoms with E-state index in [0.717, 1.165) is 0 Å². The van der Waals surface area contributed by atoms with E-state index in [1.54, 1.807) is 38.3 Å². The number of rotatable bonds is 3. The van der Waals surface area contributed by atoms with Gasteiger partial charge in [0, 0.05) is 17.3 Å². The van der Waals surface area contributed by atoms with Gasteiger partial charge in [0.1, 0.15) is 11.6 Å². The molecule has 0 aliphatic rings. The zero-order valence-corrected chi connectivity index (χ0v) is 10.7. The Morgan fingerprint density at radius 3 is 2.68 bits per heavy atom. The van der Waals surface area contributed by atoms with E-state index < -0.39 is 0 Å². The van der Waals surface area contributed by atoms with Gasteiger partial charge in [-0.25, -0.2) is 4.39 Å². The molecule has 0 saturated heterocycles. The Hall–Kier alpha value is -2.36. The number of ether oxygens (including phenoxy) is 1. The first-order chi connectivity index (χ1) is 9.10. The van der Waals surface area contributed by atoms with Crippen LogP contribution in [-0.4, -0.2) is 13.0 Å². The lowest BCUT2D eigenvalue weighted by atomic mass is 10.1. The van der Waals surface area contributed by atoms with Gasteiger partial charge in [-0.2, -0.15) is 0 Å². The molecule has 0 atom stereocenters. The summed E-state index contributed by atoms with van der Waals surface area (Å²) in [7, 11) is 1.56. The van der Waals surface area contributed by atoms with Gasteiger partial charge in [0.2, 0.25) is 0 Å². The zero-order valence-electron chi connectivity index (χ0n) is 10.7. The summed E-state index contributed by atoms with van der Waals surface area (Å²) in [6.07, 6.45) is 0. The van der Waals surface area contributed by atoms with Crippen molar-refractivity contribution < 1.29 is 13.9 Å². The SMILES string of the molecule is COc1cccc(NC(=O)c2ccc(F)cc2C)c1. The first-order valence-corrected chi connectivity index (χ1v) is 5.81. The molecule has 0 unspecified atom stereocenters. The van der Waals surface area contributed by atoms with Crippen LogP contribution in [0.25, 0.3) is 0 Å². The molecule has 4 heteroatoms. The molecule has 2 rings (SSSR count). The number of aryl methyl sites for hydroxylation is 1. The third-order valence-corrected chi connectivity index (χ3v) is 2.76. The van der Waals surface area contributed by atoms with E-state index in [4.69, 9.17) is 4.74 Å². The van der Waals surface area contributed by atoms with Crippen LogP contribution in [0.5, 0.6) is 5.75 Å². The number of carbonyl (C=O) groups excluding carboxylic acids is 1. The number of amides is 1. The van der Waals surface area contributed by atoms with E-state index in [-0.39, 0.29) is 11.7 Å². The van der Waals surface area contributed by atoms with Crippen LogP contribution in [-0.2, 0) is 0 Å². The number of hydrogen-bond donors (Lipinski definition) is 1. The Bertz CT molecular complexity index is 611. The lowest BCUT2D eigenvalue weighted by Crippen LogP contribution is -2.13. The highest BCUT2D eigenvalue weighted by molar-refractivity contribution is 6.05. The van der Waals surface area contributed by atoms with Gasteiger partial charge in [-0.1, -0.05) is 6.07 Å². The first kappa shape index (κ1) is 13.1. The molecule has 1 N–H and O–H groups in total. The fourth-order valence-corrected chi connectivity index (χ4v) is 1.78. The first-order valence-electron chi connectivity index (χ1n) is 5.81.